The van der Waals surface area contributed by atoms with Crippen LogP contribution >= 0.6 is 0 Å². The van der Waals surface area contributed by atoms with Crippen molar-refractivity contribution in [3.05, 3.63) is 64.7 Å². The van der Waals surface area contributed by atoms with Gasteiger partial charge in [-0.3, -0.25) is 9.79 Å². The first kappa shape index (κ1) is 30.7. The Bertz CT molecular complexity index is 755. The number of carbonyl (C=O) groups is 1. The molecule has 0 aliphatic heterocycles. The zero-order valence-corrected chi connectivity index (χ0v) is 20.8. The Morgan fingerprint density at radius 2 is 1.81 bits per heavy atom. The molecule has 0 aliphatic carbocycles. The first-order chi connectivity index (χ1) is 14.6. The van der Waals surface area contributed by atoms with Crippen molar-refractivity contribution >= 4 is 18.2 Å². The van der Waals surface area contributed by atoms with Gasteiger partial charge in [0.1, 0.15) is 5.82 Å². The molecule has 5 heteroatoms. The van der Waals surface area contributed by atoms with E-state index in [9.17, 15) is 9.18 Å². The fraction of sp³-hybridized carbons (Fsp3) is 0.462. The number of anilines is 1. The summed E-state index contributed by atoms with van der Waals surface area (Å²) in [5, 5.41) is 3.09. The van der Waals surface area contributed by atoms with E-state index in [0.717, 1.165) is 28.7 Å². The van der Waals surface area contributed by atoms with Crippen molar-refractivity contribution in [3.8, 4) is 0 Å². The number of ether oxygens (including phenoxy) is 1. The molecule has 0 heterocycles. The SMILES string of the molecule is C=C(C=C(C)C)Nc1cc(F)cc(COCC(C)C)c1.CC.CN=CC(C=O)=C(C)C. The van der Waals surface area contributed by atoms with Crippen LogP contribution in [0.25, 0.3) is 0 Å². The summed E-state index contributed by atoms with van der Waals surface area (Å²) in [7, 11) is 1.65. The molecule has 0 fully saturated rings. The van der Waals surface area contributed by atoms with Crippen molar-refractivity contribution in [1.29, 1.82) is 0 Å². The van der Waals surface area contributed by atoms with E-state index in [4.69, 9.17) is 4.74 Å². The van der Waals surface area contributed by atoms with Gasteiger partial charge in [-0.15, -0.1) is 0 Å². The van der Waals surface area contributed by atoms with Crippen molar-refractivity contribution in [2.75, 3.05) is 19.0 Å². The van der Waals surface area contributed by atoms with Crippen molar-refractivity contribution < 1.29 is 13.9 Å². The number of hydrogen-bond acceptors (Lipinski definition) is 4. The highest BCUT2D eigenvalue weighted by molar-refractivity contribution is 6.02. The third kappa shape index (κ3) is 16.9. The van der Waals surface area contributed by atoms with Crippen LogP contribution < -0.4 is 5.32 Å². The van der Waals surface area contributed by atoms with Gasteiger partial charge >= 0.3 is 0 Å². The number of carbonyl (C=O) groups excluding carboxylic acids is 1. The summed E-state index contributed by atoms with van der Waals surface area (Å²) in [5.41, 5.74) is 5.05. The molecule has 0 saturated heterocycles. The number of benzene rings is 1. The summed E-state index contributed by atoms with van der Waals surface area (Å²) in [6, 6.07) is 4.83. The van der Waals surface area contributed by atoms with Crippen molar-refractivity contribution in [3.63, 3.8) is 0 Å². The molecule has 0 radical (unpaired) electrons. The van der Waals surface area contributed by atoms with Gasteiger partial charge in [0.15, 0.2) is 6.29 Å². The summed E-state index contributed by atoms with van der Waals surface area (Å²) in [6.07, 6.45) is 4.28. The number of aliphatic imine (C=N–C) groups is 1. The monoisotopic (exact) mass is 432 g/mol. The minimum Gasteiger partial charge on any atom is -0.377 e. The molecule has 0 aliphatic rings. The van der Waals surface area contributed by atoms with Gasteiger partial charge in [-0.25, -0.2) is 4.39 Å². The van der Waals surface area contributed by atoms with Crippen LogP contribution in [0, 0.1) is 11.7 Å². The van der Waals surface area contributed by atoms with E-state index in [1.54, 1.807) is 13.3 Å². The molecular formula is C26H41FN2O2. The average molecular weight is 433 g/mol. The molecule has 0 amide bonds. The Morgan fingerprint density at radius 1 is 1.19 bits per heavy atom. The van der Waals surface area contributed by atoms with E-state index in [-0.39, 0.29) is 5.82 Å². The van der Waals surface area contributed by atoms with Crippen molar-refractivity contribution in [2.45, 2.75) is 62.0 Å². The van der Waals surface area contributed by atoms with E-state index in [2.05, 4.69) is 30.7 Å². The van der Waals surface area contributed by atoms with Crippen LogP contribution in [0.5, 0.6) is 0 Å². The highest BCUT2D eigenvalue weighted by Crippen LogP contribution is 2.17. The van der Waals surface area contributed by atoms with Gasteiger partial charge in [-0.05, 0) is 63.5 Å². The third-order valence-corrected chi connectivity index (χ3v) is 3.42. The number of hydrogen-bond donors (Lipinski definition) is 1. The summed E-state index contributed by atoms with van der Waals surface area (Å²) in [6.45, 7) is 20.9. The van der Waals surface area contributed by atoms with Gasteiger partial charge in [0.2, 0.25) is 0 Å². The molecular weight excluding hydrogens is 391 g/mol. The minimum absolute atomic E-state index is 0.275. The number of nitrogens with zero attached hydrogens (tertiary/aromatic N) is 1. The van der Waals surface area contributed by atoms with Crippen molar-refractivity contribution in [1.82, 2.24) is 0 Å². The molecule has 0 unspecified atom stereocenters. The standard InChI is InChI=1S/C17H24FNO.C7H11NO.C2H6/c1-12(2)6-14(5)19-17-8-15(7-16(18)9-17)11-20-10-13(3)4;1-6(2)7(5-9)4-8-3;1-2/h6-9,13,19H,5,10-11H2,1-4H3;4-5H,1-3H3;1-2H3. The Kier molecular flexibility index (Phi) is 18.1. The molecule has 31 heavy (non-hydrogen) atoms. The number of allylic oxidation sites excluding steroid dienone is 4. The van der Waals surface area contributed by atoms with Crippen molar-refractivity contribution in [2.24, 2.45) is 10.9 Å². The maximum absolute atomic E-state index is 13.6. The highest BCUT2D eigenvalue weighted by atomic mass is 19.1. The Balaban J connectivity index is 0. The second-order valence-corrected chi connectivity index (χ2v) is 7.59. The van der Waals surface area contributed by atoms with Gasteiger partial charge in [-0.2, -0.15) is 0 Å². The number of halogens is 1. The van der Waals surface area contributed by atoms with E-state index in [1.165, 1.54) is 12.1 Å². The van der Waals surface area contributed by atoms with Gasteiger partial charge in [0, 0.05) is 36.8 Å². The van der Waals surface area contributed by atoms with Gasteiger partial charge in [0.25, 0.3) is 0 Å². The predicted molar refractivity (Wildman–Crippen MR) is 133 cm³/mol. The molecule has 0 bridgehead atoms. The first-order valence-corrected chi connectivity index (χ1v) is 10.6. The lowest BCUT2D eigenvalue weighted by Crippen LogP contribution is -2.03. The van der Waals surface area contributed by atoms with Crippen LogP contribution in [0.3, 0.4) is 0 Å². The second-order valence-electron chi connectivity index (χ2n) is 7.59. The molecule has 0 atom stereocenters. The summed E-state index contributed by atoms with van der Waals surface area (Å²) in [4.78, 5) is 13.9. The van der Waals surface area contributed by atoms with Crippen LogP contribution in [0.1, 0.15) is 61.0 Å². The molecule has 0 spiro atoms. The number of nitrogens with one attached hydrogen (secondary N) is 1. The van der Waals surface area contributed by atoms with Crippen LogP contribution in [-0.4, -0.2) is 26.2 Å². The van der Waals surface area contributed by atoms with E-state index in [1.807, 2.05) is 53.7 Å². The van der Waals surface area contributed by atoms with Gasteiger partial charge < -0.3 is 10.1 Å². The van der Waals surface area contributed by atoms with E-state index < -0.39 is 0 Å². The number of rotatable bonds is 9. The van der Waals surface area contributed by atoms with E-state index in [0.29, 0.717) is 30.4 Å². The fourth-order valence-corrected chi connectivity index (χ4v) is 2.20. The zero-order valence-electron chi connectivity index (χ0n) is 20.8. The average Bonchev–Trinajstić information content (AvgIpc) is 2.66. The molecule has 1 rings (SSSR count). The number of aldehydes is 1. The largest absolute Gasteiger partial charge is 0.377 e. The molecule has 0 saturated carbocycles. The zero-order chi connectivity index (χ0) is 24.4. The lowest BCUT2D eigenvalue weighted by atomic mass is 10.2. The summed E-state index contributed by atoms with van der Waals surface area (Å²) >= 11 is 0. The smallest absolute Gasteiger partial charge is 0.151 e. The highest BCUT2D eigenvalue weighted by Gasteiger charge is 2.03. The summed E-state index contributed by atoms with van der Waals surface area (Å²) in [5.74, 6) is 0.196. The molecule has 4 nitrogen and oxygen atoms in total. The van der Waals surface area contributed by atoms with Gasteiger partial charge in [-0.1, -0.05) is 45.4 Å². The van der Waals surface area contributed by atoms with Crippen LogP contribution in [-0.2, 0) is 16.1 Å². The maximum atomic E-state index is 13.6. The van der Waals surface area contributed by atoms with Crippen LogP contribution in [0.15, 0.2) is 58.3 Å². The second kappa shape index (κ2) is 18.3. The molecule has 1 N–H and O–H groups in total. The lowest BCUT2D eigenvalue weighted by molar-refractivity contribution is -0.104. The van der Waals surface area contributed by atoms with E-state index >= 15 is 0 Å². The van der Waals surface area contributed by atoms with Crippen LogP contribution in [0.4, 0.5) is 10.1 Å². The molecule has 174 valence electrons. The Hall–Kier alpha value is -2.53. The quantitative estimate of drug-likeness (QED) is 0.195. The molecule has 1 aromatic rings. The van der Waals surface area contributed by atoms with Gasteiger partial charge in [0.05, 0.1) is 6.61 Å². The Morgan fingerprint density at radius 3 is 2.23 bits per heavy atom. The van der Waals surface area contributed by atoms with Crippen LogP contribution in [0.2, 0.25) is 0 Å². The molecule has 0 aromatic heterocycles. The Labute approximate surface area is 189 Å². The first-order valence-electron chi connectivity index (χ1n) is 10.6. The predicted octanol–water partition coefficient (Wildman–Crippen LogP) is 7.14. The topological polar surface area (TPSA) is 50.7 Å². The molecule has 1 aromatic carbocycles. The lowest BCUT2D eigenvalue weighted by Gasteiger charge is -2.11. The third-order valence-electron chi connectivity index (χ3n) is 3.42. The maximum Gasteiger partial charge on any atom is 0.151 e. The minimum atomic E-state index is -0.275. The summed E-state index contributed by atoms with van der Waals surface area (Å²) < 4.78 is 19.1. The fourth-order valence-electron chi connectivity index (χ4n) is 2.20. The normalized spacial score (nSPS) is 9.77.